The SMILES string of the molecule is Cc1cccc([C@H](O)c2cccc3ccccc23)c1. The summed E-state index contributed by atoms with van der Waals surface area (Å²) >= 11 is 0. The van der Waals surface area contributed by atoms with E-state index in [0.29, 0.717) is 0 Å². The second kappa shape index (κ2) is 4.87. The zero-order chi connectivity index (χ0) is 13.2. The zero-order valence-corrected chi connectivity index (χ0v) is 10.9. The maximum Gasteiger partial charge on any atom is 0.105 e. The molecule has 0 aliphatic carbocycles. The van der Waals surface area contributed by atoms with Crippen LogP contribution in [0.1, 0.15) is 22.8 Å². The van der Waals surface area contributed by atoms with Gasteiger partial charge in [-0.05, 0) is 28.8 Å². The Morgan fingerprint density at radius 1 is 0.842 bits per heavy atom. The van der Waals surface area contributed by atoms with Crippen LogP contribution in [0.2, 0.25) is 0 Å². The lowest BCUT2D eigenvalue weighted by atomic mass is 9.95. The molecule has 0 spiro atoms. The predicted octanol–water partition coefficient (Wildman–Crippen LogP) is 4.23. The number of benzene rings is 3. The molecule has 0 aliphatic rings. The van der Waals surface area contributed by atoms with Gasteiger partial charge in [0.1, 0.15) is 6.10 Å². The summed E-state index contributed by atoms with van der Waals surface area (Å²) in [5.74, 6) is 0. The average molecular weight is 248 g/mol. The maximum absolute atomic E-state index is 10.6. The van der Waals surface area contributed by atoms with Crippen LogP contribution in [0, 0.1) is 6.92 Å². The Bertz CT molecular complexity index is 710. The summed E-state index contributed by atoms with van der Waals surface area (Å²) in [6, 6.07) is 22.3. The van der Waals surface area contributed by atoms with Crippen molar-refractivity contribution in [2.24, 2.45) is 0 Å². The van der Waals surface area contributed by atoms with Crippen molar-refractivity contribution in [3.05, 3.63) is 83.4 Å². The van der Waals surface area contributed by atoms with Gasteiger partial charge in [-0.15, -0.1) is 0 Å². The Morgan fingerprint density at radius 3 is 2.42 bits per heavy atom. The van der Waals surface area contributed by atoms with Crippen LogP contribution >= 0.6 is 0 Å². The van der Waals surface area contributed by atoms with E-state index in [-0.39, 0.29) is 0 Å². The molecule has 0 heterocycles. The molecule has 1 nitrogen and oxygen atoms in total. The predicted molar refractivity (Wildman–Crippen MR) is 79.2 cm³/mol. The molecule has 0 saturated carbocycles. The quantitative estimate of drug-likeness (QED) is 0.719. The molecule has 0 aliphatic heterocycles. The Kier molecular flexibility index (Phi) is 3.06. The molecule has 0 unspecified atom stereocenters. The minimum absolute atomic E-state index is 0.578. The third-order valence-corrected chi connectivity index (χ3v) is 3.48. The third kappa shape index (κ3) is 2.25. The van der Waals surface area contributed by atoms with Crippen LogP contribution in [0.4, 0.5) is 0 Å². The van der Waals surface area contributed by atoms with Crippen molar-refractivity contribution in [2.75, 3.05) is 0 Å². The third-order valence-electron chi connectivity index (χ3n) is 3.48. The van der Waals surface area contributed by atoms with Crippen molar-refractivity contribution in [2.45, 2.75) is 13.0 Å². The first-order valence-corrected chi connectivity index (χ1v) is 6.48. The fourth-order valence-corrected chi connectivity index (χ4v) is 2.51. The van der Waals surface area contributed by atoms with Crippen molar-refractivity contribution < 1.29 is 5.11 Å². The smallest absolute Gasteiger partial charge is 0.105 e. The number of hydrogen-bond acceptors (Lipinski definition) is 1. The van der Waals surface area contributed by atoms with Crippen molar-refractivity contribution in [1.82, 2.24) is 0 Å². The topological polar surface area (TPSA) is 20.2 Å². The summed E-state index contributed by atoms with van der Waals surface area (Å²) in [7, 11) is 0. The maximum atomic E-state index is 10.6. The molecule has 3 aromatic rings. The fraction of sp³-hybridized carbons (Fsp3) is 0.111. The van der Waals surface area contributed by atoms with E-state index in [1.165, 1.54) is 0 Å². The monoisotopic (exact) mass is 248 g/mol. The van der Waals surface area contributed by atoms with Crippen LogP contribution in [0.5, 0.6) is 0 Å². The normalized spacial score (nSPS) is 12.5. The van der Waals surface area contributed by atoms with Crippen LogP contribution in [-0.2, 0) is 0 Å². The summed E-state index contributed by atoms with van der Waals surface area (Å²) in [6.45, 7) is 2.04. The number of aliphatic hydroxyl groups is 1. The number of fused-ring (bicyclic) bond motifs is 1. The molecule has 0 radical (unpaired) electrons. The van der Waals surface area contributed by atoms with E-state index in [1.54, 1.807) is 0 Å². The number of rotatable bonds is 2. The molecule has 1 heteroatoms. The lowest BCUT2D eigenvalue weighted by Crippen LogP contribution is -2.00. The summed E-state index contributed by atoms with van der Waals surface area (Å²) in [4.78, 5) is 0. The average Bonchev–Trinajstić information content (AvgIpc) is 2.46. The molecule has 1 atom stereocenters. The first-order valence-electron chi connectivity index (χ1n) is 6.48. The summed E-state index contributed by atoms with van der Waals surface area (Å²) in [5, 5.41) is 12.9. The molecule has 0 saturated heterocycles. The Morgan fingerprint density at radius 2 is 1.58 bits per heavy atom. The Hall–Kier alpha value is -2.12. The minimum Gasteiger partial charge on any atom is -0.384 e. The van der Waals surface area contributed by atoms with Crippen LogP contribution in [0.25, 0.3) is 10.8 Å². The molecule has 94 valence electrons. The van der Waals surface area contributed by atoms with Gasteiger partial charge in [0.15, 0.2) is 0 Å². The zero-order valence-electron chi connectivity index (χ0n) is 10.9. The molecule has 3 rings (SSSR count). The van der Waals surface area contributed by atoms with Gasteiger partial charge in [-0.25, -0.2) is 0 Å². The number of hydrogen-bond donors (Lipinski definition) is 1. The fourth-order valence-electron chi connectivity index (χ4n) is 2.51. The van der Waals surface area contributed by atoms with Crippen molar-refractivity contribution >= 4 is 10.8 Å². The van der Waals surface area contributed by atoms with Gasteiger partial charge in [0, 0.05) is 0 Å². The largest absolute Gasteiger partial charge is 0.384 e. The summed E-state index contributed by atoms with van der Waals surface area (Å²) in [6.07, 6.45) is -0.578. The van der Waals surface area contributed by atoms with E-state index in [2.05, 4.69) is 18.2 Å². The van der Waals surface area contributed by atoms with Gasteiger partial charge in [-0.3, -0.25) is 0 Å². The Labute approximate surface area is 113 Å². The second-order valence-corrected chi connectivity index (χ2v) is 4.89. The van der Waals surface area contributed by atoms with Gasteiger partial charge < -0.3 is 5.11 Å². The Balaban J connectivity index is 2.14. The van der Waals surface area contributed by atoms with Crippen LogP contribution in [-0.4, -0.2) is 5.11 Å². The highest BCUT2D eigenvalue weighted by Crippen LogP contribution is 2.29. The molecule has 1 N–H and O–H groups in total. The van der Waals surface area contributed by atoms with Crippen molar-refractivity contribution in [3.63, 3.8) is 0 Å². The van der Waals surface area contributed by atoms with Gasteiger partial charge in [-0.2, -0.15) is 0 Å². The van der Waals surface area contributed by atoms with E-state index in [4.69, 9.17) is 0 Å². The van der Waals surface area contributed by atoms with Gasteiger partial charge in [-0.1, -0.05) is 72.3 Å². The second-order valence-electron chi connectivity index (χ2n) is 4.89. The van der Waals surface area contributed by atoms with Gasteiger partial charge in [0.05, 0.1) is 0 Å². The molecular formula is C18H16O. The first-order chi connectivity index (χ1) is 9.25. The van der Waals surface area contributed by atoms with E-state index < -0.39 is 6.10 Å². The van der Waals surface area contributed by atoms with Crippen LogP contribution in [0.3, 0.4) is 0 Å². The summed E-state index contributed by atoms with van der Waals surface area (Å²) in [5.41, 5.74) is 3.07. The van der Waals surface area contributed by atoms with Crippen LogP contribution in [0.15, 0.2) is 66.7 Å². The van der Waals surface area contributed by atoms with E-state index in [9.17, 15) is 5.11 Å². The van der Waals surface area contributed by atoms with E-state index in [1.807, 2.05) is 55.5 Å². The molecule has 3 aromatic carbocycles. The number of aliphatic hydroxyl groups excluding tert-OH is 1. The van der Waals surface area contributed by atoms with Gasteiger partial charge in [0.25, 0.3) is 0 Å². The number of aryl methyl sites for hydroxylation is 1. The molecule has 0 aromatic heterocycles. The van der Waals surface area contributed by atoms with Crippen molar-refractivity contribution in [1.29, 1.82) is 0 Å². The molecule has 19 heavy (non-hydrogen) atoms. The summed E-state index contributed by atoms with van der Waals surface area (Å²) < 4.78 is 0. The van der Waals surface area contributed by atoms with E-state index in [0.717, 1.165) is 27.5 Å². The first kappa shape index (κ1) is 11.9. The highest BCUT2D eigenvalue weighted by Gasteiger charge is 2.13. The van der Waals surface area contributed by atoms with Gasteiger partial charge >= 0.3 is 0 Å². The van der Waals surface area contributed by atoms with E-state index >= 15 is 0 Å². The minimum atomic E-state index is -0.578. The molecular weight excluding hydrogens is 232 g/mol. The highest BCUT2D eigenvalue weighted by molar-refractivity contribution is 5.86. The van der Waals surface area contributed by atoms with Crippen LogP contribution < -0.4 is 0 Å². The highest BCUT2D eigenvalue weighted by atomic mass is 16.3. The lowest BCUT2D eigenvalue weighted by molar-refractivity contribution is 0.222. The lowest BCUT2D eigenvalue weighted by Gasteiger charge is -2.14. The molecule has 0 amide bonds. The standard InChI is InChI=1S/C18H16O/c1-13-6-4-9-15(12-13)18(19)17-11-5-8-14-7-2-3-10-16(14)17/h2-12,18-19H,1H3/t18-/m0/s1. The molecule has 0 bridgehead atoms. The molecule has 0 fully saturated rings. The van der Waals surface area contributed by atoms with Gasteiger partial charge in [0.2, 0.25) is 0 Å². The van der Waals surface area contributed by atoms with Crippen molar-refractivity contribution in [3.8, 4) is 0 Å².